The molecule has 1 aliphatic rings. The predicted octanol–water partition coefficient (Wildman–Crippen LogP) is 2.47. The Bertz CT molecular complexity index is 373. The maximum Gasteiger partial charge on any atom is 0.123 e. The lowest BCUT2D eigenvalue weighted by Gasteiger charge is -2.33. The van der Waals surface area contributed by atoms with Crippen LogP contribution in [0.25, 0.3) is 0 Å². The first-order valence-corrected chi connectivity index (χ1v) is 6.82. The van der Waals surface area contributed by atoms with E-state index in [1.54, 1.807) is 7.11 Å². The second-order valence-electron chi connectivity index (χ2n) is 5.18. The van der Waals surface area contributed by atoms with Crippen LogP contribution in [-0.4, -0.2) is 20.2 Å². The molecule has 18 heavy (non-hydrogen) atoms. The zero-order valence-corrected chi connectivity index (χ0v) is 11.4. The normalized spacial score (nSPS) is 25.7. The molecule has 3 nitrogen and oxygen atoms in total. The minimum absolute atomic E-state index is 0.369. The molecule has 0 saturated heterocycles. The van der Waals surface area contributed by atoms with Crippen molar-refractivity contribution in [1.82, 2.24) is 5.32 Å². The summed E-state index contributed by atoms with van der Waals surface area (Å²) in [6, 6.07) is 9.07. The molecule has 0 heterocycles. The van der Waals surface area contributed by atoms with Crippen LogP contribution in [-0.2, 0) is 0 Å². The Kier molecular flexibility index (Phi) is 4.61. The topological polar surface area (TPSA) is 47.3 Å². The van der Waals surface area contributed by atoms with Gasteiger partial charge in [-0.3, -0.25) is 0 Å². The Morgan fingerprint density at radius 3 is 2.50 bits per heavy atom. The van der Waals surface area contributed by atoms with E-state index in [0.29, 0.717) is 18.0 Å². The molecule has 0 spiro atoms. The fourth-order valence-corrected chi connectivity index (χ4v) is 3.05. The summed E-state index contributed by atoms with van der Waals surface area (Å²) in [4.78, 5) is 0. The highest BCUT2D eigenvalue weighted by atomic mass is 16.5. The number of hydrogen-bond donors (Lipinski definition) is 2. The van der Waals surface area contributed by atoms with Gasteiger partial charge >= 0.3 is 0 Å². The first-order chi connectivity index (χ1) is 8.76. The first kappa shape index (κ1) is 13.4. The molecule has 1 aromatic rings. The Morgan fingerprint density at radius 1 is 1.22 bits per heavy atom. The first-order valence-electron chi connectivity index (χ1n) is 6.82. The number of para-hydroxylation sites is 1. The molecular weight excluding hydrogens is 224 g/mol. The van der Waals surface area contributed by atoms with E-state index in [2.05, 4.69) is 17.4 Å². The van der Waals surface area contributed by atoms with Gasteiger partial charge in [0.1, 0.15) is 5.75 Å². The van der Waals surface area contributed by atoms with Gasteiger partial charge in [0.05, 0.1) is 7.11 Å². The predicted molar refractivity (Wildman–Crippen MR) is 74.7 cm³/mol. The van der Waals surface area contributed by atoms with Crippen LogP contribution < -0.4 is 15.8 Å². The van der Waals surface area contributed by atoms with Crippen molar-refractivity contribution in [3.63, 3.8) is 0 Å². The Morgan fingerprint density at radius 2 is 1.89 bits per heavy atom. The highest BCUT2D eigenvalue weighted by Crippen LogP contribution is 2.37. The summed E-state index contributed by atoms with van der Waals surface area (Å²) in [6.45, 7) is 0. The van der Waals surface area contributed by atoms with Crippen molar-refractivity contribution >= 4 is 0 Å². The van der Waals surface area contributed by atoms with Gasteiger partial charge < -0.3 is 15.8 Å². The lowest BCUT2D eigenvalue weighted by molar-refractivity contribution is 0.258. The van der Waals surface area contributed by atoms with E-state index in [-0.39, 0.29) is 0 Å². The zero-order chi connectivity index (χ0) is 13.0. The number of benzene rings is 1. The standard InChI is InChI=1S/C15H24N2O/c1-17-15(11-7-9-12(16)10-8-11)13-5-3-4-6-14(13)18-2/h3-6,11-12,15,17H,7-10,16H2,1-2H3. The average molecular weight is 248 g/mol. The Balaban J connectivity index is 2.17. The third kappa shape index (κ3) is 2.85. The van der Waals surface area contributed by atoms with Crippen molar-refractivity contribution < 1.29 is 4.74 Å². The zero-order valence-electron chi connectivity index (χ0n) is 11.4. The van der Waals surface area contributed by atoms with Crippen molar-refractivity contribution in [1.29, 1.82) is 0 Å². The molecule has 0 radical (unpaired) electrons. The highest BCUT2D eigenvalue weighted by molar-refractivity contribution is 5.36. The summed E-state index contributed by atoms with van der Waals surface area (Å²) in [5, 5.41) is 3.46. The second-order valence-corrected chi connectivity index (χ2v) is 5.18. The van der Waals surface area contributed by atoms with Crippen LogP contribution in [0.4, 0.5) is 0 Å². The Hall–Kier alpha value is -1.06. The largest absolute Gasteiger partial charge is 0.496 e. The number of nitrogens with one attached hydrogen (secondary N) is 1. The average Bonchev–Trinajstić information content (AvgIpc) is 2.42. The second kappa shape index (κ2) is 6.21. The number of hydrogen-bond acceptors (Lipinski definition) is 3. The molecular formula is C15H24N2O. The van der Waals surface area contributed by atoms with Crippen LogP contribution >= 0.6 is 0 Å². The van der Waals surface area contributed by atoms with Gasteiger partial charge in [0.25, 0.3) is 0 Å². The van der Waals surface area contributed by atoms with Crippen LogP contribution in [0.1, 0.15) is 37.3 Å². The molecule has 1 atom stereocenters. The molecule has 0 amide bonds. The number of rotatable bonds is 4. The van der Waals surface area contributed by atoms with Crippen LogP contribution in [0.3, 0.4) is 0 Å². The lowest BCUT2D eigenvalue weighted by Crippen LogP contribution is -2.33. The van der Waals surface area contributed by atoms with E-state index in [1.807, 2.05) is 19.2 Å². The van der Waals surface area contributed by atoms with Gasteiger partial charge in [-0.2, -0.15) is 0 Å². The summed E-state index contributed by atoms with van der Waals surface area (Å²) in [7, 11) is 3.77. The van der Waals surface area contributed by atoms with Crippen LogP contribution in [0, 0.1) is 5.92 Å². The van der Waals surface area contributed by atoms with E-state index < -0.39 is 0 Å². The highest BCUT2D eigenvalue weighted by Gasteiger charge is 2.27. The smallest absolute Gasteiger partial charge is 0.123 e. The molecule has 100 valence electrons. The van der Waals surface area contributed by atoms with Crippen molar-refractivity contribution in [2.75, 3.05) is 14.2 Å². The van der Waals surface area contributed by atoms with Crippen LogP contribution in [0.5, 0.6) is 5.75 Å². The minimum Gasteiger partial charge on any atom is -0.496 e. The molecule has 1 fully saturated rings. The molecule has 0 bridgehead atoms. The summed E-state index contributed by atoms with van der Waals surface area (Å²) in [5.41, 5.74) is 7.25. The van der Waals surface area contributed by atoms with Gasteiger partial charge in [0.2, 0.25) is 0 Å². The third-order valence-electron chi connectivity index (χ3n) is 4.07. The van der Waals surface area contributed by atoms with Gasteiger partial charge in [-0.05, 0) is 44.7 Å². The Labute approximate surface area is 110 Å². The van der Waals surface area contributed by atoms with Gasteiger partial charge in [0, 0.05) is 17.6 Å². The van der Waals surface area contributed by atoms with Crippen LogP contribution in [0.15, 0.2) is 24.3 Å². The lowest BCUT2D eigenvalue weighted by atomic mass is 9.79. The van der Waals surface area contributed by atoms with Crippen molar-refractivity contribution in [3.8, 4) is 5.75 Å². The quantitative estimate of drug-likeness (QED) is 0.860. The minimum atomic E-state index is 0.369. The number of nitrogens with two attached hydrogens (primary N) is 1. The van der Waals surface area contributed by atoms with Gasteiger partial charge in [-0.1, -0.05) is 18.2 Å². The number of methoxy groups -OCH3 is 1. The summed E-state index contributed by atoms with van der Waals surface area (Å²) in [6.07, 6.45) is 4.67. The molecule has 1 unspecified atom stereocenters. The molecule has 3 N–H and O–H groups in total. The maximum atomic E-state index is 5.99. The van der Waals surface area contributed by atoms with Gasteiger partial charge in [-0.15, -0.1) is 0 Å². The van der Waals surface area contributed by atoms with E-state index in [9.17, 15) is 0 Å². The van der Waals surface area contributed by atoms with Crippen molar-refractivity contribution in [2.45, 2.75) is 37.8 Å². The van der Waals surface area contributed by atoms with Gasteiger partial charge in [0.15, 0.2) is 0 Å². The molecule has 1 aliphatic carbocycles. The van der Waals surface area contributed by atoms with E-state index in [4.69, 9.17) is 10.5 Å². The molecule has 0 aliphatic heterocycles. The molecule has 2 rings (SSSR count). The fourth-order valence-electron chi connectivity index (χ4n) is 3.05. The van der Waals surface area contributed by atoms with Crippen molar-refractivity contribution in [3.05, 3.63) is 29.8 Å². The maximum absolute atomic E-state index is 5.99. The molecule has 1 saturated carbocycles. The summed E-state index contributed by atoms with van der Waals surface area (Å²) < 4.78 is 5.48. The van der Waals surface area contributed by atoms with E-state index >= 15 is 0 Å². The monoisotopic (exact) mass is 248 g/mol. The van der Waals surface area contributed by atoms with Crippen molar-refractivity contribution in [2.24, 2.45) is 11.7 Å². The third-order valence-corrected chi connectivity index (χ3v) is 4.07. The SMILES string of the molecule is CNC(c1ccccc1OC)C1CCC(N)CC1. The molecule has 0 aromatic heterocycles. The summed E-state index contributed by atoms with van der Waals surface area (Å²) in [5.74, 6) is 1.64. The van der Waals surface area contributed by atoms with E-state index in [1.165, 1.54) is 18.4 Å². The number of ether oxygens (including phenoxy) is 1. The fraction of sp³-hybridized carbons (Fsp3) is 0.600. The van der Waals surface area contributed by atoms with E-state index in [0.717, 1.165) is 18.6 Å². The summed E-state index contributed by atoms with van der Waals surface area (Å²) >= 11 is 0. The molecule has 3 heteroatoms. The van der Waals surface area contributed by atoms with Crippen LogP contribution in [0.2, 0.25) is 0 Å². The van der Waals surface area contributed by atoms with Gasteiger partial charge in [-0.25, -0.2) is 0 Å². The molecule has 1 aromatic carbocycles.